The van der Waals surface area contributed by atoms with Gasteiger partial charge in [-0.3, -0.25) is 14.4 Å². The van der Waals surface area contributed by atoms with Crippen LogP contribution in [0.5, 0.6) is 0 Å². The van der Waals surface area contributed by atoms with Gasteiger partial charge in [0, 0.05) is 19.4 Å². The lowest BCUT2D eigenvalue weighted by molar-refractivity contribution is -0.134. The van der Waals surface area contributed by atoms with Crippen molar-refractivity contribution in [3.63, 3.8) is 0 Å². The molecule has 1 aliphatic rings. The van der Waals surface area contributed by atoms with Crippen molar-refractivity contribution in [2.45, 2.75) is 36.6 Å². The molecule has 0 bridgehead atoms. The first kappa shape index (κ1) is 19.1. The van der Waals surface area contributed by atoms with Crippen molar-refractivity contribution in [2.75, 3.05) is 6.54 Å². The highest BCUT2D eigenvalue weighted by molar-refractivity contribution is 7.89. The molecule has 25 heavy (non-hydrogen) atoms. The van der Waals surface area contributed by atoms with Crippen molar-refractivity contribution in [3.8, 4) is 0 Å². The molecule has 7 nitrogen and oxygen atoms in total. The predicted octanol–water partition coefficient (Wildman–Crippen LogP) is 0.440. The van der Waals surface area contributed by atoms with Gasteiger partial charge in [-0.1, -0.05) is 6.07 Å². The van der Waals surface area contributed by atoms with E-state index >= 15 is 0 Å². The second-order valence-electron chi connectivity index (χ2n) is 5.54. The van der Waals surface area contributed by atoms with Crippen LogP contribution in [0.2, 0.25) is 0 Å². The Bertz CT molecular complexity index is 790. The maximum atomic E-state index is 13.5. The summed E-state index contributed by atoms with van der Waals surface area (Å²) in [6, 6.07) is 1.87. The van der Waals surface area contributed by atoms with Gasteiger partial charge in [0.25, 0.3) is 0 Å². The van der Waals surface area contributed by atoms with Crippen LogP contribution in [-0.2, 0) is 24.4 Å². The molecule has 1 atom stereocenters. The molecule has 0 spiro atoms. The van der Waals surface area contributed by atoms with Gasteiger partial charge in [0.05, 0.1) is 12.5 Å². The lowest BCUT2D eigenvalue weighted by atomic mass is 9.93. The van der Waals surface area contributed by atoms with E-state index in [4.69, 9.17) is 0 Å². The molecule has 1 saturated carbocycles. The zero-order valence-electron chi connectivity index (χ0n) is 13.1. The molecule has 136 valence electrons. The molecule has 1 fully saturated rings. The smallest absolute Gasteiger partial charge is 0.246 e. The van der Waals surface area contributed by atoms with E-state index < -0.39 is 50.8 Å². The molecule has 0 saturated heterocycles. The molecular formula is C15H16F2N2O5S. The Labute approximate surface area is 142 Å². The van der Waals surface area contributed by atoms with Crippen molar-refractivity contribution in [2.24, 2.45) is 0 Å². The van der Waals surface area contributed by atoms with Gasteiger partial charge in [-0.15, -0.1) is 0 Å². The zero-order chi connectivity index (χ0) is 18.6. The summed E-state index contributed by atoms with van der Waals surface area (Å²) in [6.07, 6.45) is -0.164. The number of carbonyl (C=O) groups is 3. The normalized spacial score (nSPS) is 18.2. The summed E-state index contributed by atoms with van der Waals surface area (Å²) in [4.78, 5) is 33.4. The van der Waals surface area contributed by atoms with E-state index in [1.807, 2.05) is 4.72 Å². The fourth-order valence-electron chi connectivity index (χ4n) is 2.40. The highest BCUT2D eigenvalue weighted by atomic mass is 32.2. The van der Waals surface area contributed by atoms with Gasteiger partial charge in [-0.2, -0.15) is 0 Å². The van der Waals surface area contributed by atoms with Crippen molar-refractivity contribution < 1.29 is 31.6 Å². The molecule has 0 heterocycles. The molecule has 1 amide bonds. The van der Waals surface area contributed by atoms with E-state index in [-0.39, 0.29) is 31.5 Å². The van der Waals surface area contributed by atoms with Gasteiger partial charge < -0.3 is 5.32 Å². The maximum absolute atomic E-state index is 13.5. The monoisotopic (exact) mass is 374 g/mol. The number of nitrogens with one attached hydrogen (secondary N) is 2. The van der Waals surface area contributed by atoms with E-state index in [2.05, 4.69) is 5.32 Å². The Morgan fingerprint density at radius 1 is 1.20 bits per heavy atom. The fourth-order valence-corrected chi connectivity index (χ4v) is 3.57. The highest BCUT2D eigenvalue weighted by Gasteiger charge is 2.28. The first-order chi connectivity index (χ1) is 11.7. The molecule has 1 aromatic rings. The number of Topliss-reactive ketones (excluding diaryl/α,β-unsaturated/α-hetero) is 2. The van der Waals surface area contributed by atoms with Crippen molar-refractivity contribution in [3.05, 3.63) is 29.8 Å². The van der Waals surface area contributed by atoms with Crippen LogP contribution in [0.4, 0.5) is 8.78 Å². The fraction of sp³-hybridized carbons (Fsp3) is 0.400. The summed E-state index contributed by atoms with van der Waals surface area (Å²) in [5.41, 5.74) is 0. The largest absolute Gasteiger partial charge is 0.346 e. The number of sulfonamides is 1. The number of benzene rings is 1. The molecular weight excluding hydrogens is 358 g/mol. The molecule has 0 aliphatic heterocycles. The van der Waals surface area contributed by atoms with E-state index in [1.165, 1.54) is 0 Å². The molecule has 1 aliphatic carbocycles. The molecule has 0 aromatic heterocycles. The Balaban J connectivity index is 1.88. The summed E-state index contributed by atoms with van der Waals surface area (Å²) in [5.74, 6) is -3.66. The van der Waals surface area contributed by atoms with Gasteiger partial charge >= 0.3 is 0 Å². The van der Waals surface area contributed by atoms with Gasteiger partial charge in [0.15, 0.2) is 10.7 Å². The lowest BCUT2D eigenvalue weighted by Gasteiger charge is -2.21. The maximum Gasteiger partial charge on any atom is 0.246 e. The quantitative estimate of drug-likeness (QED) is 0.702. The van der Waals surface area contributed by atoms with Crippen LogP contribution < -0.4 is 10.0 Å². The third-order valence-electron chi connectivity index (χ3n) is 3.64. The standard InChI is InChI=1S/C15H16F2N2O5S/c16-10-2-1-3-11(17)15(10)25(23,24)18-7-6-14(22)19-12-5-4-9(20)8-13(12)21/h1-3,12,18H,4-8H2,(H,19,22). The van der Waals surface area contributed by atoms with Crippen LogP contribution in [0, 0.1) is 11.6 Å². The summed E-state index contributed by atoms with van der Waals surface area (Å²) >= 11 is 0. The highest BCUT2D eigenvalue weighted by Crippen LogP contribution is 2.17. The summed E-state index contributed by atoms with van der Waals surface area (Å²) in [5, 5.41) is 2.41. The molecule has 10 heteroatoms. The number of hydrogen-bond donors (Lipinski definition) is 2. The van der Waals surface area contributed by atoms with Crippen LogP contribution in [0.1, 0.15) is 25.7 Å². The SMILES string of the molecule is O=C1CCC(NC(=O)CCNS(=O)(=O)c2c(F)cccc2F)C(=O)C1. The summed E-state index contributed by atoms with van der Waals surface area (Å²) in [6.45, 7) is -0.401. The third kappa shape index (κ3) is 4.89. The van der Waals surface area contributed by atoms with Gasteiger partial charge in [0.2, 0.25) is 15.9 Å². The Morgan fingerprint density at radius 3 is 2.44 bits per heavy atom. The topological polar surface area (TPSA) is 109 Å². The number of carbonyl (C=O) groups excluding carboxylic acids is 3. The number of ketones is 2. The average molecular weight is 374 g/mol. The lowest BCUT2D eigenvalue weighted by Crippen LogP contribution is -2.45. The second kappa shape index (κ2) is 7.79. The van der Waals surface area contributed by atoms with Gasteiger partial charge in [-0.25, -0.2) is 21.9 Å². The number of halogens is 2. The molecule has 1 aromatic carbocycles. The minimum Gasteiger partial charge on any atom is -0.346 e. The van der Waals surface area contributed by atoms with E-state index in [0.29, 0.717) is 0 Å². The molecule has 2 N–H and O–H groups in total. The average Bonchev–Trinajstić information content (AvgIpc) is 2.49. The minimum atomic E-state index is -4.46. The summed E-state index contributed by atoms with van der Waals surface area (Å²) in [7, 11) is -4.46. The Kier molecular flexibility index (Phi) is 5.96. The number of hydrogen-bond acceptors (Lipinski definition) is 5. The zero-order valence-corrected chi connectivity index (χ0v) is 13.9. The first-order valence-electron chi connectivity index (χ1n) is 7.48. The van der Waals surface area contributed by atoms with Crippen LogP contribution in [0.25, 0.3) is 0 Å². The van der Waals surface area contributed by atoms with Crippen LogP contribution >= 0.6 is 0 Å². The van der Waals surface area contributed by atoms with E-state index in [0.717, 1.165) is 18.2 Å². The molecule has 0 radical (unpaired) electrons. The molecule has 1 unspecified atom stereocenters. The predicted molar refractivity (Wildman–Crippen MR) is 82.0 cm³/mol. The third-order valence-corrected chi connectivity index (χ3v) is 5.15. The second-order valence-corrected chi connectivity index (χ2v) is 7.24. The van der Waals surface area contributed by atoms with Crippen molar-refractivity contribution in [1.82, 2.24) is 10.0 Å². The van der Waals surface area contributed by atoms with Crippen LogP contribution in [0.15, 0.2) is 23.1 Å². The minimum absolute atomic E-state index is 0.185. The van der Waals surface area contributed by atoms with Gasteiger partial charge in [0.1, 0.15) is 17.4 Å². The Hall–Kier alpha value is -2.20. The Morgan fingerprint density at radius 2 is 1.84 bits per heavy atom. The van der Waals surface area contributed by atoms with E-state index in [1.54, 1.807) is 0 Å². The number of amides is 1. The molecule has 2 rings (SSSR count). The van der Waals surface area contributed by atoms with Crippen molar-refractivity contribution >= 4 is 27.5 Å². The van der Waals surface area contributed by atoms with Crippen LogP contribution in [-0.4, -0.2) is 38.5 Å². The van der Waals surface area contributed by atoms with Crippen molar-refractivity contribution in [1.29, 1.82) is 0 Å². The van der Waals surface area contributed by atoms with Crippen LogP contribution in [0.3, 0.4) is 0 Å². The number of rotatable bonds is 6. The van der Waals surface area contributed by atoms with Gasteiger partial charge in [-0.05, 0) is 18.6 Å². The van der Waals surface area contributed by atoms with E-state index in [9.17, 15) is 31.6 Å². The summed E-state index contributed by atoms with van der Waals surface area (Å²) < 4.78 is 52.8. The first-order valence-corrected chi connectivity index (χ1v) is 8.96.